The number of piperazine rings is 1. The number of rotatable bonds is 4. The van der Waals surface area contributed by atoms with Crippen molar-refractivity contribution in [2.75, 3.05) is 13.1 Å². The smallest absolute Gasteiger partial charge is 0.140 e. The molecule has 0 unspecified atom stereocenters. The first-order valence-electron chi connectivity index (χ1n) is 10.7. The van der Waals surface area contributed by atoms with Crippen molar-refractivity contribution in [1.82, 2.24) is 25.0 Å². The number of benzene rings is 2. The molecule has 1 aliphatic carbocycles. The summed E-state index contributed by atoms with van der Waals surface area (Å²) in [7, 11) is 0. The molecule has 3 aromatic rings. The van der Waals surface area contributed by atoms with Crippen LogP contribution >= 0.6 is 23.2 Å². The van der Waals surface area contributed by atoms with Crippen LogP contribution in [0.15, 0.2) is 49.1 Å². The van der Waals surface area contributed by atoms with E-state index in [1.807, 2.05) is 36.4 Å². The zero-order chi connectivity index (χ0) is 20.9. The van der Waals surface area contributed by atoms with Gasteiger partial charge in [0.25, 0.3) is 0 Å². The van der Waals surface area contributed by atoms with Crippen molar-refractivity contribution in [3.8, 4) is 11.4 Å². The van der Waals surface area contributed by atoms with Gasteiger partial charge in [0.2, 0.25) is 0 Å². The second kappa shape index (κ2) is 7.78. The van der Waals surface area contributed by atoms with Crippen LogP contribution in [-0.2, 0) is 6.42 Å². The molecule has 0 amide bonds. The maximum atomic E-state index is 6.62. The number of hydrogen-bond acceptors (Lipinski definition) is 5. The maximum Gasteiger partial charge on any atom is 0.140 e. The molecule has 8 heteroatoms. The molecule has 2 fully saturated rings. The van der Waals surface area contributed by atoms with E-state index < -0.39 is 0 Å². The van der Waals surface area contributed by atoms with Gasteiger partial charge in [0.1, 0.15) is 24.5 Å². The number of nitrogens with zero attached hydrogens (tertiary/aromatic N) is 4. The second-order valence-electron chi connectivity index (χ2n) is 8.69. The van der Waals surface area contributed by atoms with Crippen LogP contribution in [0.3, 0.4) is 0 Å². The summed E-state index contributed by atoms with van der Waals surface area (Å²) in [5.74, 6) is 0.820. The van der Waals surface area contributed by atoms with Crippen LogP contribution in [0.5, 0.6) is 5.75 Å². The summed E-state index contributed by atoms with van der Waals surface area (Å²) in [5.41, 5.74) is 3.21. The van der Waals surface area contributed by atoms with Gasteiger partial charge in [-0.2, -0.15) is 5.10 Å². The Morgan fingerprint density at radius 1 is 1.03 bits per heavy atom. The Morgan fingerprint density at radius 3 is 2.52 bits per heavy atom. The molecule has 31 heavy (non-hydrogen) atoms. The lowest BCUT2D eigenvalue weighted by molar-refractivity contribution is 0.0555. The number of fused-ring (bicyclic) bond motifs is 3. The van der Waals surface area contributed by atoms with Crippen molar-refractivity contribution in [1.29, 1.82) is 0 Å². The van der Waals surface area contributed by atoms with E-state index in [0.717, 1.165) is 47.1 Å². The fourth-order valence-corrected chi connectivity index (χ4v) is 5.93. The molecule has 2 saturated heterocycles. The summed E-state index contributed by atoms with van der Waals surface area (Å²) < 4.78 is 8.35. The third-order valence-corrected chi connectivity index (χ3v) is 7.32. The Labute approximate surface area is 191 Å². The summed E-state index contributed by atoms with van der Waals surface area (Å²) >= 11 is 13.0. The normalized spacial score (nSPS) is 27.4. The van der Waals surface area contributed by atoms with E-state index in [2.05, 4.69) is 20.3 Å². The summed E-state index contributed by atoms with van der Waals surface area (Å²) in [4.78, 5) is 6.60. The van der Waals surface area contributed by atoms with Crippen LogP contribution in [0.25, 0.3) is 5.69 Å². The van der Waals surface area contributed by atoms with Crippen LogP contribution < -0.4 is 10.1 Å². The van der Waals surface area contributed by atoms with Gasteiger partial charge in [-0.3, -0.25) is 4.90 Å². The van der Waals surface area contributed by atoms with E-state index in [1.165, 1.54) is 19.2 Å². The van der Waals surface area contributed by atoms with E-state index in [-0.39, 0.29) is 12.1 Å². The minimum atomic E-state index is -0.110. The van der Waals surface area contributed by atoms with E-state index in [1.54, 1.807) is 11.0 Å². The van der Waals surface area contributed by atoms with Crippen LogP contribution in [0.4, 0.5) is 0 Å². The van der Waals surface area contributed by atoms with Gasteiger partial charge in [-0.25, -0.2) is 9.67 Å². The summed E-state index contributed by atoms with van der Waals surface area (Å²) in [6.07, 6.45) is 6.49. The Hall–Kier alpha value is -2.12. The highest BCUT2D eigenvalue weighted by Crippen LogP contribution is 2.43. The standard InChI is InChI=1S/C23H23Cl2N5O/c24-14-7-20-19(21(25)8-14)9-22(29-10-15-1-2-16(11-29)28-15)23(20)31-18-5-3-17(4-6-18)30-13-26-12-27-30/h3-8,12-13,15-16,22-23,28H,1-2,9-11H2/t15-,16-,22+,23+/m1/s1. The quantitative estimate of drug-likeness (QED) is 0.642. The molecule has 160 valence electrons. The Balaban J connectivity index is 1.31. The fourth-order valence-electron chi connectivity index (χ4n) is 5.35. The minimum absolute atomic E-state index is 0.110. The molecule has 2 aromatic carbocycles. The lowest BCUT2D eigenvalue weighted by atomic mass is 10.1. The van der Waals surface area contributed by atoms with Crippen molar-refractivity contribution in [3.05, 3.63) is 70.2 Å². The van der Waals surface area contributed by atoms with Crippen molar-refractivity contribution < 1.29 is 4.74 Å². The molecular formula is C23H23Cl2N5O. The van der Waals surface area contributed by atoms with Crippen LogP contribution in [0, 0.1) is 0 Å². The number of halogens is 2. The van der Waals surface area contributed by atoms with E-state index >= 15 is 0 Å². The minimum Gasteiger partial charge on any atom is -0.484 e. The lowest BCUT2D eigenvalue weighted by Gasteiger charge is -2.39. The lowest BCUT2D eigenvalue weighted by Crippen LogP contribution is -2.55. The van der Waals surface area contributed by atoms with Crippen molar-refractivity contribution in [2.45, 2.75) is 43.5 Å². The average molecular weight is 456 g/mol. The first kappa shape index (κ1) is 19.6. The number of likely N-dealkylation sites (tertiary alicyclic amines) is 1. The molecular weight excluding hydrogens is 433 g/mol. The Bertz CT molecular complexity index is 1080. The van der Waals surface area contributed by atoms with Gasteiger partial charge in [-0.15, -0.1) is 0 Å². The summed E-state index contributed by atoms with van der Waals surface area (Å²) in [6, 6.07) is 13.2. The number of ether oxygens (including phenoxy) is 1. The second-order valence-corrected chi connectivity index (χ2v) is 9.53. The molecule has 0 spiro atoms. The van der Waals surface area contributed by atoms with Crippen LogP contribution in [0.1, 0.15) is 30.1 Å². The highest BCUT2D eigenvalue weighted by Gasteiger charge is 2.43. The SMILES string of the molecule is Clc1cc(Cl)c2c(c1)[C@H](Oc1ccc(-n3cncn3)cc1)[C@@H](N1C[C@H]3CC[C@H](C1)N3)C2. The Kier molecular flexibility index (Phi) is 4.91. The van der Waals surface area contributed by atoms with Gasteiger partial charge in [0, 0.05) is 40.8 Å². The van der Waals surface area contributed by atoms with Gasteiger partial charge >= 0.3 is 0 Å². The van der Waals surface area contributed by atoms with E-state index in [0.29, 0.717) is 17.1 Å². The van der Waals surface area contributed by atoms with Crippen molar-refractivity contribution in [2.24, 2.45) is 0 Å². The highest BCUT2D eigenvalue weighted by molar-refractivity contribution is 6.35. The molecule has 2 bridgehead atoms. The van der Waals surface area contributed by atoms with E-state index in [9.17, 15) is 0 Å². The molecule has 3 aliphatic rings. The van der Waals surface area contributed by atoms with Gasteiger partial charge in [0.05, 0.1) is 11.7 Å². The average Bonchev–Trinajstić information content (AvgIpc) is 3.49. The largest absolute Gasteiger partial charge is 0.484 e. The monoisotopic (exact) mass is 455 g/mol. The summed E-state index contributed by atoms with van der Waals surface area (Å²) in [6.45, 7) is 2.09. The molecule has 1 N–H and O–H groups in total. The first-order chi connectivity index (χ1) is 15.1. The van der Waals surface area contributed by atoms with Crippen molar-refractivity contribution >= 4 is 23.2 Å². The number of hydrogen-bond donors (Lipinski definition) is 1. The topological polar surface area (TPSA) is 55.2 Å². The molecule has 0 saturated carbocycles. The fraction of sp³-hybridized carbons (Fsp3) is 0.391. The molecule has 6 rings (SSSR count). The third-order valence-electron chi connectivity index (χ3n) is 6.76. The molecule has 4 atom stereocenters. The number of aromatic nitrogens is 3. The van der Waals surface area contributed by atoms with Gasteiger partial charge in [-0.1, -0.05) is 23.2 Å². The van der Waals surface area contributed by atoms with Crippen molar-refractivity contribution in [3.63, 3.8) is 0 Å². The highest BCUT2D eigenvalue weighted by atomic mass is 35.5. The summed E-state index contributed by atoms with van der Waals surface area (Å²) in [5, 5.41) is 9.30. The van der Waals surface area contributed by atoms with Crippen LogP contribution in [0.2, 0.25) is 10.0 Å². The first-order valence-corrected chi connectivity index (χ1v) is 11.5. The van der Waals surface area contributed by atoms with E-state index in [4.69, 9.17) is 27.9 Å². The van der Waals surface area contributed by atoms with Gasteiger partial charge in [0.15, 0.2) is 0 Å². The zero-order valence-electron chi connectivity index (χ0n) is 16.9. The number of nitrogens with one attached hydrogen (secondary N) is 1. The maximum absolute atomic E-state index is 6.62. The van der Waals surface area contributed by atoms with Gasteiger partial charge < -0.3 is 10.1 Å². The Morgan fingerprint density at radius 2 is 1.81 bits per heavy atom. The molecule has 1 aromatic heterocycles. The predicted octanol–water partition coefficient (Wildman–Crippen LogP) is 4.06. The molecule has 2 aliphatic heterocycles. The molecule has 0 radical (unpaired) electrons. The molecule has 3 heterocycles. The van der Waals surface area contributed by atoms with Crippen LogP contribution in [-0.4, -0.2) is 50.9 Å². The third kappa shape index (κ3) is 3.61. The van der Waals surface area contributed by atoms with Gasteiger partial charge in [-0.05, 0) is 61.2 Å². The molecule has 6 nitrogen and oxygen atoms in total. The predicted molar refractivity (Wildman–Crippen MR) is 120 cm³/mol. The zero-order valence-corrected chi connectivity index (χ0v) is 18.4.